The zero-order valence-electron chi connectivity index (χ0n) is 14.7. The van der Waals surface area contributed by atoms with E-state index in [-0.39, 0.29) is 0 Å². The predicted molar refractivity (Wildman–Crippen MR) is 126 cm³/mol. The molecule has 4 rings (SSSR count). The lowest BCUT2D eigenvalue weighted by Gasteiger charge is -2.10. The molecule has 0 aliphatic carbocycles. The summed E-state index contributed by atoms with van der Waals surface area (Å²) in [6.07, 6.45) is 0. The third-order valence-electron chi connectivity index (χ3n) is 3.78. The summed E-state index contributed by atoms with van der Waals surface area (Å²) in [5, 5.41) is 10.6. The molecule has 2 aromatic carbocycles. The van der Waals surface area contributed by atoms with Crippen molar-refractivity contribution in [3.63, 3.8) is 0 Å². The predicted octanol–water partition coefficient (Wildman–Crippen LogP) is 7.68. The van der Waals surface area contributed by atoms with E-state index in [1.54, 1.807) is 46.2 Å². The van der Waals surface area contributed by atoms with Gasteiger partial charge in [0.05, 0.1) is 9.75 Å². The van der Waals surface area contributed by atoms with E-state index in [0.717, 1.165) is 19.5 Å². The second-order valence-corrected chi connectivity index (χ2v) is 9.20. The highest BCUT2D eigenvalue weighted by atomic mass is 32.2. The monoisotopic (exact) mass is 430 g/mol. The summed E-state index contributed by atoms with van der Waals surface area (Å²) >= 11 is 6.47. The normalized spacial score (nSPS) is 9.86. The maximum atomic E-state index is 3.24. The van der Waals surface area contributed by atoms with Crippen molar-refractivity contribution in [2.24, 2.45) is 0 Å². The summed E-state index contributed by atoms with van der Waals surface area (Å²) in [6.45, 7) is 0. The molecule has 0 aliphatic rings. The van der Waals surface area contributed by atoms with Gasteiger partial charge in [-0.1, -0.05) is 48.5 Å². The maximum Gasteiger partial charge on any atom is 0.0777 e. The van der Waals surface area contributed by atoms with Gasteiger partial charge < -0.3 is 0 Å². The van der Waals surface area contributed by atoms with E-state index in [9.17, 15) is 0 Å². The SMILES string of the molecule is C(#Cc1cccs1)Sc1ccccc1-c1ccccc1SC#Cc1cccs1. The molecule has 0 amide bonds. The molecule has 0 nitrogen and oxygen atoms in total. The summed E-state index contributed by atoms with van der Waals surface area (Å²) in [4.78, 5) is 4.49. The van der Waals surface area contributed by atoms with Crippen LogP contribution in [0.15, 0.2) is 93.3 Å². The first kappa shape index (κ1) is 19.0. The molecule has 0 N–H and O–H groups in total. The molecule has 134 valence electrons. The fraction of sp³-hybridized carbons (Fsp3) is 0. The van der Waals surface area contributed by atoms with E-state index in [0.29, 0.717) is 0 Å². The number of rotatable bonds is 3. The molecular weight excluding hydrogens is 417 g/mol. The molecule has 0 fully saturated rings. The Labute approximate surface area is 182 Å². The number of benzene rings is 2. The van der Waals surface area contributed by atoms with Crippen LogP contribution in [0.2, 0.25) is 0 Å². The minimum absolute atomic E-state index is 1.09. The van der Waals surface area contributed by atoms with E-state index in [1.807, 2.05) is 35.0 Å². The minimum atomic E-state index is 1.09. The van der Waals surface area contributed by atoms with Crippen LogP contribution in [0, 0.1) is 22.3 Å². The summed E-state index contributed by atoms with van der Waals surface area (Å²) < 4.78 is 0. The van der Waals surface area contributed by atoms with E-state index in [1.165, 1.54) is 11.1 Å². The van der Waals surface area contributed by atoms with Gasteiger partial charge in [0.25, 0.3) is 0 Å². The van der Waals surface area contributed by atoms with Gasteiger partial charge in [0.2, 0.25) is 0 Å². The molecule has 0 unspecified atom stereocenters. The van der Waals surface area contributed by atoms with Crippen molar-refractivity contribution in [2.75, 3.05) is 0 Å². The van der Waals surface area contributed by atoms with Crippen LogP contribution in [0.3, 0.4) is 0 Å². The van der Waals surface area contributed by atoms with Crippen LogP contribution < -0.4 is 0 Å². The molecule has 0 saturated heterocycles. The van der Waals surface area contributed by atoms with Gasteiger partial charge in [-0.05, 0) is 92.0 Å². The smallest absolute Gasteiger partial charge is 0.0777 e. The number of hydrogen-bond acceptors (Lipinski definition) is 4. The molecule has 0 radical (unpaired) electrons. The summed E-state index contributed by atoms with van der Waals surface area (Å²) in [5.41, 5.74) is 2.38. The van der Waals surface area contributed by atoms with Crippen molar-refractivity contribution in [2.45, 2.75) is 9.79 Å². The standard InChI is InChI=1S/C24H14S4/c1-3-11-23(27-17-13-19-7-5-15-25-19)21(9-1)22-10-2-4-12-24(22)28-18-14-20-8-6-16-26-20/h1-12,15-16H. The zero-order valence-corrected chi connectivity index (χ0v) is 18.0. The largest absolute Gasteiger partial charge is 0.135 e. The van der Waals surface area contributed by atoms with Crippen molar-refractivity contribution in [3.8, 4) is 33.5 Å². The second kappa shape index (κ2) is 9.73. The van der Waals surface area contributed by atoms with Crippen LogP contribution in [0.5, 0.6) is 0 Å². The van der Waals surface area contributed by atoms with Crippen LogP contribution in [0.4, 0.5) is 0 Å². The van der Waals surface area contributed by atoms with Gasteiger partial charge in [-0.2, -0.15) is 0 Å². The van der Waals surface area contributed by atoms with Gasteiger partial charge in [0.15, 0.2) is 0 Å². The van der Waals surface area contributed by atoms with Crippen LogP contribution in [-0.4, -0.2) is 0 Å². The molecule has 0 spiro atoms. The molecule has 0 bridgehead atoms. The number of thiophene rings is 2. The number of hydrogen-bond donors (Lipinski definition) is 0. The van der Waals surface area contributed by atoms with Crippen LogP contribution in [0.1, 0.15) is 9.75 Å². The molecule has 0 saturated carbocycles. The second-order valence-electron chi connectivity index (χ2n) is 5.61. The highest BCUT2D eigenvalue weighted by molar-refractivity contribution is 8.04. The fourth-order valence-corrected chi connectivity index (χ4v) is 5.20. The van der Waals surface area contributed by atoms with Crippen LogP contribution >= 0.6 is 46.2 Å². The lowest BCUT2D eigenvalue weighted by molar-refractivity contribution is 1.38. The first-order chi connectivity index (χ1) is 13.9. The highest BCUT2D eigenvalue weighted by Gasteiger charge is 2.09. The Morgan fingerprint density at radius 2 is 1.00 bits per heavy atom. The third kappa shape index (κ3) is 4.93. The van der Waals surface area contributed by atoms with E-state index < -0.39 is 0 Å². The van der Waals surface area contributed by atoms with E-state index in [4.69, 9.17) is 0 Å². The average Bonchev–Trinajstić information content (AvgIpc) is 3.43. The molecule has 28 heavy (non-hydrogen) atoms. The molecule has 4 aromatic rings. The molecular formula is C24H14S4. The van der Waals surface area contributed by atoms with E-state index >= 15 is 0 Å². The Kier molecular flexibility index (Phi) is 6.60. The molecule has 0 aliphatic heterocycles. The molecule has 4 heteroatoms. The molecule has 2 heterocycles. The van der Waals surface area contributed by atoms with Crippen molar-refractivity contribution in [1.82, 2.24) is 0 Å². The topological polar surface area (TPSA) is 0 Å². The fourth-order valence-electron chi connectivity index (χ4n) is 2.52. The first-order valence-corrected chi connectivity index (χ1v) is 11.9. The average molecular weight is 431 g/mol. The highest BCUT2D eigenvalue weighted by Crippen LogP contribution is 2.36. The van der Waals surface area contributed by atoms with Gasteiger partial charge in [-0.25, -0.2) is 0 Å². The Balaban J connectivity index is 1.61. The Bertz CT molecular complexity index is 1070. The summed E-state index contributed by atoms with van der Waals surface area (Å²) in [7, 11) is 0. The van der Waals surface area contributed by atoms with Gasteiger partial charge >= 0.3 is 0 Å². The molecule has 0 atom stereocenters. The Morgan fingerprint density at radius 3 is 1.43 bits per heavy atom. The van der Waals surface area contributed by atoms with Crippen molar-refractivity contribution in [3.05, 3.63) is 93.3 Å². The Morgan fingerprint density at radius 1 is 0.536 bits per heavy atom. The first-order valence-electron chi connectivity index (χ1n) is 8.51. The maximum absolute atomic E-state index is 3.24. The minimum Gasteiger partial charge on any atom is -0.135 e. The third-order valence-corrected chi connectivity index (χ3v) is 6.91. The van der Waals surface area contributed by atoms with Gasteiger partial charge in [0, 0.05) is 9.79 Å². The van der Waals surface area contributed by atoms with Gasteiger partial charge in [0.1, 0.15) is 0 Å². The lowest BCUT2D eigenvalue weighted by Crippen LogP contribution is -1.84. The summed E-state index contributed by atoms with van der Waals surface area (Å²) in [5.74, 6) is 6.44. The van der Waals surface area contributed by atoms with Gasteiger partial charge in [-0.15, -0.1) is 22.7 Å². The Hall–Kier alpha value is -2.34. The molecule has 2 aromatic heterocycles. The van der Waals surface area contributed by atoms with Crippen molar-refractivity contribution < 1.29 is 0 Å². The van der Waals surface area contributed by atoms with Crippen LogP contribution in [0.25, 0.3) is 11.1 Å². The van der Waals surface area contributed by atoms with Crippen molar-refractivity contribution >= 4 is 46.2 Å². The quantitative estimate of drug-likeness (QED) is 0.241. The van der Waals surface area contributed by atoms with Crippen LogP contribution in [-0.2, 0) is 0 Å². The zero-order chi connectivity index (χ0) is 19.0. The lowest BCUT2D eigenvalue weighted by atomic mass is 10.1. The summed E-state index contributed by atoms with van der Waals surface area (Å²) in [6, 6.07) is 25.0. The van der Waals surface area contributed by atoms with Crippen molar-refractivity contribution in [1.29, 1.82) is 0 Å². The number of thioether (sulfide) groups is 2. The van der Waals surface area contributed by atoms with Gasteiger partial charge in [-0.3, -0.25) is 0 Å². The van der Waals surface area contributed by atoms with E-state index in [2.05, 4.69) is 70.9 Å².